The third-order valence-electron chi connectivity index (χ3n) is 0.713. The van der Waals surface area contributed by atoms with Gasteiger partial charge in [0.15, 0.2) is 0 Å². The largest absolute Gasteiger partial charge is 0.297 e. The summed E-state index contributed by atoms with van der Waals surface area (Å²) >= 11 is 0. The van der Waals surface area contributed by atoms with Crippen molar-refractivity contribution in [2.75, 3.05) is 0 Å². The van der Waals surface area contributed by atoms with Gasteiger partial charge in [-0.3, -0.25) is 14.9 Å². The molecular weight excluding hydrogens is 117 g/mol. The van der Waals surface area contributed by atoms with Gasteiger partial charge in [-0.1, -0.05) is 6.92 Å². The van der Waals surface area contributed by atoms with Crippen LogP contribution in [-0.2, 0) is 9.59 Å². The highest BCUT2D eigenvalue weighted by Crippen LogP contribution is 1.92. The molecular formula is C5H8BNO2. The van der Waals surface area contributed by atoms with Crippen LogP contribution in [0.25, 0.3) is 0 Å². The quantitative estimate of drug-likeness (QED) is 0.485. The van der Waals surface area contributed by atoms with Crippen LogP contribution in [0.15, 0.2) is 0 Å². The molecule has 0 saturated carbocycles. The molecule has 2 amide bonds. The second-order valence-electron chi connectivity index (χ2n) is 1.83. The topological polar surface area (TPSA) is 46.2 Å². The van der Waals surface area contributed by atoms with E-state index < -0.39 is 11.7 Å². The van der Waals surface area contributed by atoms with Gasteiger partial charge in [0, 0.05) is 6.92 Å². The first-order chi connectivity index (χ1) is 4.04. The third-order valence-corrected chi connectivity index (χ3v) is 0.713. The maximum Gasteiger partial charge on any atom is 0.223 e. The van der Waals surface area contributed by atoms with Crippen LogP contribution in [0.4, 0.5) is 0 Å². The molecule has 4 heteroatoms. The van der Waals surface area contributed by atoms with Crippen molar-refractivity contribution in [2.45, 2.75) is 19.7 Å². The number of amides is 2. The average molecular weight is 125 g/mol. The number of carbonyl (C=O) groups is 2. The van der Waals surface area contributed by atoms with Crippen molar-refractivity contribution in [3.8, 4) is 0 Å². The van der Waals surface area contributed by atoms with Crippen LogP contribution in [0.5, 0.6) is 0 Å². The van der Waals surface area contributed by atoms with Gasteiger partial charge in [-0.2, -0.15) is 0 Å². The lowest BCUT2D eigenvalue weighted by Gasteiger charge is -2.01. The molecule has 1 atom stereocenters. The summed E-state index contributed by atoms with van der Waals surface area (Å²) in [4.78, 5) is 20.7. The summed E-state index contributed by atoms with van der Waals surface area (Å²) in [6, 6.07) is 0. The molecule has 0 fully saturated rings. The predicted molar refractivity (Wildman–Crippen MR) is 34.0 cm³/mol. The summed E-state index contributed by atoms with van der Waals surface area (Å²) in [7, 11) is 5.12. The van der Waals surface area contributed by atoms with Gasteiger partial charge < -0.3 is 0 Å². The lowest BCUT2D eigenvalue weighted by atomic mass is 9.89. The molecule has 0 aliphatic carbocycles. The highest BCUT2D eigenvalue weighted by Gasteiger charge is 2.06. The zero-order valence-electron chi connectivity index (χ0n) is 5.47. The van der Waals surface area contributed by atoms with Crippen molar-refractivity contribution in [3.05, 3.63) is 0 Å². The highest BCUT2D eigenvalue weighted by atomic mass is 16.2. The predicted octanol–water partition coefficient (Wildman–Crippen LogP) is -0.374. The van der Waals surface area contributed by atoms with E-state index in [2.05, 4.69) is 0 Å². The van der Waals surface area contributed by atoms with Crippen molar-refractivity contribution >= 4 is 19.7 Å². The van der Waals surface area contributed by atoms with E-state index in [1.807, 2.05) is 5.32 Å². The zero-order valence-corrected chi connectivity index (χ0v) is 5.47. The van der Waals surface area contributed by atoms with Crippen molar-refractivity contribution in [1.29, 1.82) is 0 Å². The number of hydrogen-bond donors (Lipinski definition) is 1. The maximum absolute atomic E-state index is 10.5. The molecule has 0 spiro atoms. The second kappa shape index (κ2) is 3.27. The maximum atomic E-state index is 10.5. The van der Waals surface area contributed by atoms with E-state index in [0.29, 0.717) is 0 Å². The third kappa shape index (κ3) is 3.76. The van der Waals surface area contributed by atoms with Gasteiger partial charge in [-0.15, -0.1) is 0 Å². The molecule has 0 rings (SSSR count). The number of rotatable bonds is 1. The number of carbonyl (C=O) groups excluding carboxylic acids is 2. The van der Waals surface area contributed by atoms with Crippen LogP contribution < -0.4 is 5.32 Å². The van der Waals surface area contributed by atoms with Gasteiger partial charge in [0.05, 0.1) is 7.85 Å². The number of hydrogen-bond acceptors (Lipinski definition) is 2. The number of imide groups is 1. The van der Waals surface area contributed by atoms with Crippen molar-refractivity contribution < 1.29 is 9.59 Å². The fourth-order valence-electron chi connectivity index (χ4n) is 0.287. The Morgan fingerprint density at radius 3 is 2.11 bits per heavy atom. The molecule has 0 aromatic heterocycles. The van der Waals surface area contributed by atoms with Gasteiger partial charge >= 0.3 is 0 Å². The molecule has 3 nitrogen and oxygen atoms in total. The van der Waals surface area contributed by atoms with E-state index in [1.165, 1.54) is 13.8 Å². The first-order valence-corrected chi connectivity index (χ1v) is 2.61. The lowest BCUT2D eigenvalue weighted by Crippen LogP contribution is -2.30. The Balaban J connectivity index is 3.64. The minimum Gasteiger partial charge on any atom is -0.297 e. The monoisotopic (exact) mass is 125 g/mol. The Labute approximate surface area is 55.2 Å². The Morgan fingerprint density at radius 2 is 2.00 bits per heavy atom. The number of nitrogens with one attached hydrogen (secondary N) is 1. The average Bonchev–Trinajstić information content (AvgIpc) is 1.63. The van der Waals surface area contributed by atoms with E-state index in [0.717, 1.165) is 0 Å². The molecule has 2 radical (unpaired) electrons. The zero-order chi connectivity index (χ0) is 7.44. The van der Waals surface area contributed by atoms with Crippen LogP contribution in [0.1, 0.15) is 13.8 Å². The summed E-state index contributed by atoms with van der Waals surface area (Å²) < 4.78 is 0. The molecule has 0 aliphatic heterocycles. The molecule has 1 N–H and O–H groups in total. The molecule has 0 bridgehead atoms. The molecule has 0 saturated heterocycles. The fourth-order valence-corrected chi connectivity index (χ4v) is 0.287. The SMILES string of the molecule is [B]C(C)C(=O)NC(C)=O. The molecule has 0 aliphatic rings. The van der Waals surface area contributed by atoms with Crippen LogP contribution in [0.3, 0.4) is 0 Å². The van der Waals surface area contributed by atoms with Crippen molar-refractivity contribution in [3.63, 3.8) is 0 Å². The van der Waals surface area contributed by atoms with Crippen molar-refractivity contribution in [2.24, 2.45) is 0 Å². The van der Waals surface area contributed by atoms with E-state index in [-0.39, 0.29) is 5.91 Å². The Hall–Kier alpha value is -0.795. The van der Waals surface area contributed by atoms with Gasteiger partial charge in [-0.25, -0.2) is 0 Å². The standard InChI is InChI=1S/C5H8BNO2/c1-3(6)5(9)7-4(2)8/h3H,1-2H3,(H,7,8,9). The van der Waals surface area contributed by atoms with Gasteiger partial charge in [0.1, 0.15) is 0 Å². The molecule has 1 unspecified atom stereocenters. The summed E-state index contributed by atoms with van der Waals surface area (Å²) in [6.45, 7) is 2.78. The van der Waals surface area contributed by atoms with Crippen molar-refractivity contribution in [1.82, 2.24) is 5.32 Å². The van der Waals surface area contributed by atoms with Crippen LogP contribution >= 0.6 is 0 Å². The minimum atomic E-state index is -0.617. The van der Waals surface area contributed by atoms with Crippen LogP contribution in [0.2, 0.25) is 5.82 Å². The van der Waals surface area contributed by atoms with E-state index in [1.54, 1.807) is 0 Å². The smallest absolute Gasteiger partial charge is 0.223 e. The van der Waals surface area contributed by atoms with Gasteiger partial charge in [0.2, 0.25) is 11.8 Å². The summed E-state index contributed by atoms with van der Waals surface area (Å²) in [5.41, 5.74) is 0. The molecule has 0 heterocycles. The molecule has 0 aromatic carbocycles. The first-order valence-electron chi connectivity index (χ1n) is 2.61. The summed E-state index contributed by atoms with van der Waals surface area (Å²) in [5.74, 6) is -1.44. The minimum absolute atomic E-state index is 0.377. The summed E-state index contributed by atoms with van der Waals surface area (Å²) in [6.07, 6.45) is 0. The van der Waals surface area contributed by atoms with E-state index >= 15 is 0 Å². The Morgan fingerprint density at radius 1 is 1.56 bits per heavy atom. The molecule has 9 heavy (non-hydrogen) atoms. The van der Waals surface area contributed by atoms with Gasteiger partial charge in [0.25, 0.3) is 0 Å². The lowest BCUT2D eigenvalue weighted by molar-refractivity contribution is -0.128. The Kier molecular flexibility index (Phi) is 2.98. The van der Waals surface area contributed by atoms with Gasteiger partial charge in [-0.05, 0) is 5.82 Å². The van der Waals surface area contributed by atoms with Crippen LogP contribution in [0, 0.1) is 0 Å². The Bertz CT molecular complexity index is 133. The van der Waals surface area contributed by atoms with Crippen LogP contribution in [-0.4, -0.2) is 19.7 Å². The highest BCUT2D eigenvalue weighted by molar-refractivity contribution is 6.24. The summed E-state index contributed by atoms with van der Waals surface area (Å²) in [5, 5.41) is 2.04. The molecule has 48 valence electrons. The van der Waals surface area contributed by atoms with E-state index in [9.17, 15) is 9.59 Å². The second-order valence-corrected chi connectivity index (χ2v) is 1.83. The first kappa shape index (κ1) is 8.20. The molecule has 0 aromatic rings. The van der Waals surface area contributed by atoms with E-state index in [4.69, 9.17) is 7.85 Å². The normalized spacial score (nSPS) is 12.2. The fraction of sp³-hybridized carbons (Fsp3) is 0.600.